The van der Waals surface area contributed by atoms with Crippen LogP contribution in [-0.2, 0) is 9.59 Å². The van der Waals surface area contributed by atoms with Gasteiger partial charge in [-0.3, -0.25) is 14.5 Å². The van der Waals surface area contributed by atoms with Crippen molar-refractivity contribution in [2.75, 3.05) is 13.2 Å². The number of nitrogens with zero attached hydrogens (tertiary/aromatic N) is 2. The summed E-state index contributed by atoms with van der Waals surface area (Å²) in [4.78, 5) is 36.6. The van der Waals surface area contributed by atoms with Gasteiger partial charge in [0.15, 0.2) is 0 Å². The Balaban J connectivity index is 1.83. The highest BCUT2D eigenvalue weighted by Crippen LogP contribution is 2.22. The van der Waals surface area contributed by atoms with Gasteiger partial charge >= 0.3 is 6.03 Å². The van der Waals surface area contributed by atoms with Crippen molar-refractivity contribution in [3.05, 3.63) is 23.8 Å². The molecule has 0 aromatic heterocycles. The van der Waals surface area contributed by atoms with E-state index in [1.54, 1.807) is 26.0 Å². The molecular weight excluding hydrogens is 352 g/mol. The molecule has 1 aromatic rings. The average Bonchev–Trinajstić information content (AvgIpc) is 2.80. The number of phenolic OH excluding ortho intramolecular Hbond substituents is 1. The molecule has 27 heavy (non-hydrogen) atoms. The maximum atomic E-state index is 12.0. The van der Waals surface area contributed by atoms with E-state index < -0.39 is 17.5 Å². The van der Waals surface area contributed by atoms with E-state index in [9.17, 15) is 19.5 Å². The van der Waals surface area contributed by atoms with Crippen molar-refractivity contribution in [1.82, 2.24) is 15.6 Å². The Morgan fingerprint density at radius 1 is 1.41 bits per heavy atom. The summed E-state index contributed by atoms with van der Waals surface area (Å²) in [6.07, 6.45) is 2.08. The molecule has 9 nitrogen and oxygen atoms in total. The van der Waals surface area contributed by atoms with Gasteiger partial charge in [0.1, 0.15) is 17.0 Å². The fourth-order valence-corrected chi connectivity index (χ4v) is 2.41. The Bertz CT molecular complexity index is 760. The van der Waals surface area contributed by atoms with Gasteiger partial charge in [0.25, 0.3) is 5.91 Å². The largest absolute Gasteiger partial charge is 0.507 e. The van der Waals surface area contributed by atoms with Gasteiger partial charge in [0, 0.05) is 24.6 Å². The lowest BCUT2D eigenvalue weighted by Gasteiger charge is -2.15. The molecule has 1 aliphatic rings. The van der Waals surface area contributed by atoms with Crippen LogP contribution in [0, 0.1) is 0 Å². The minimum absolute atomic E-state index is 0.0248. The summed E-state index contributed by atoms with van der Waals surface area (Å²) < 4.78 is 5.41. The number of carbonyl (C=O) groups excluding carboxylic acids is 3. The number of phenols is 1. The van der Waals surface area contributed by atoms with Crippen LogP contribution in [0.1, 0.15) is 39.2 Å². The number of hydrazone groups is 1. The predicted molar refractivity (Wildman–Crippen MR) is 98.6 cm³/mol. The van der Waals surface area contributed by atoms with Gasteiger partial charge < -0.3 is 15.2 Å². The highest BCUT2D eigenvalue weighted by molar-refractivity contribution is 6.06. The summed E-state index contributed by atoms with van der Waals surface area (Å²) >= 11 is 0. The van der Waals surface area contributed by atoms with Crippen molar-refractivity contribution >= 4 is 24.1 Å². The first kappa shape index (κ1) is 20.2. The van der Waals surface area contributed by atoms with E-state index in [0.29, 0.717) is 17.9 Å². The van der Waals surface area contributed by atoms with E-state index in [4.69, 9.17) is 4.74 Å². The molecule has 1 heterocycles. The van der Waals surface area contributed by atoms with E-state index >= 15 is 0 Å². The second-order valence-corrected chi connectivity index (χ2v) is 6.62. The third kappa shape index (κ3) is 5.19. The third-order valence-corrected chi connectivity index (χ3v) is 3.87. The Morgan fingerprint density at radius 3 is 2.74 bits per heavy atom. The summed E-state index contributed by atoms with van der Waals surface area (Å²) in [6, 6.07) is 4.26. The molecule has 0 radical (unpaired) electrons. The molecule has 146 valence electrons. The van der Waals surface area contributed by atoms with Crippen LogP contribution in [0.2, 0.25) is 0 Å². The number of hydrogen-bond acceptors (Lipinski definition) is 6. The number of carbonyl (C=O) groups is 3. The summed E-state index contributed by atoms with van der Waals surface area (Å²) in [6.45, 7) is 5.70. The van der Waals surface area contributed by atoms with Gasteiger partial charge in [-0.15, -0.1) is 0 Å². The van der Waals surface area contributed by atoms with Crippen molar-refractivity contribution in [1.29, 1.82) is 0 Å². The maximum Gasteiger partial charge on any atom is 0.325 e. The standard InChI is InChI=1S/C18H24N4O5/c1-4-9-27-13-6-5-12(14(23)10-13)11-19-21-15(24)7-8-22-16(25)18(2,3)20-17(22)26/h5-6,10-11,23H,4,7-9H2,1-3H3,(H,20,26)(H,21,24)/b19-11+. The predicted octanol–water partition coefficient (Wildman–Crippen LogP) is 1.35. The normalized spacial score (nSPS) is 15.9. The second-order valence-electron chi connectivity index (χ2n) is 6.62. The van der Waals surface area contributed by atoms with Crippen LogP contribution in [0.3, 0.4) is 0 Å². The van der Waals surface area contributed by atoms with Gasteiger partial charge in [0.2, 0.25) is 5.91 Å². The number of amides is 4. The van der Waals surface area contributed by atoms with Crippen LogP contribution >= 0.6 is 0 Å². The number of nitrogens with one attached hydrogen (secondary N) is 2. The van der Waals surface area contributed by atoms with Gasteiger partial charge in [-0.25, -0.2) is 10.2 Å². The van der Waals surface area contributed by atoms with Crippen LogP contribution in [0.15, 0.2) is 23.3 Å². The van der Waals surface area contributed by atoms with Gasteiger partial charge in [-0.05, 0) is 32.4 Å². The molecule has 0 bridgehead atoms. The number of ether oxygens (including phenoxy) is 1. The van der Waals surface area contributed by atoms with E-state index in [-0.39, 0.29) is 24.6 Å². The molecule has 0 aliphatic carbocycles. The summed E-state index contributed by atoms with van der Waals surface area (Å²) in [7, 11) is 0. The Labute approximate surface area is 157 Å². The topological polar surface area (TPSA) is 120 Å². The molecule has 0 saturated carbocycles. The second kappa shape index (κ2) is 8.52. The highest BCUT2D eigenvalue weighted by atomic mass is 16.5. The SMILES string of the molecule is CCCOc1ccc(/C=N/NC(=O)CCN2C(=O)NC(C)(C)C2=O)c(O)c1. The maximum absolute atomic E-state index is 12.0. The van der Waals surface area contributed by atoms with E-state index in [0.717, 1.165) is 11.3 Å². The number of hydrogen-bond donors (Lipinski definition) is 3. The molecule has 3 N–H and O–H groups in total. The molecule has 4 amide bonds. The molecule has 1 fully saturated rings. The number of urea groups is 1. The monoisotopic (exact) mass is 376 g/mol. The number of rotatable bonds is 8. The summed E-state index contributed by atoms with van der Waals surface area (Å²) in [5.41, 5.74) is 1.75. The van der Waals surface area contributed by atoms with Crippen molar-refractivity contribution in [3.8, 4) is 11.5 Å². The van der Waals surface area contributed by atoms with Crippen LogP contribution in [0.25, 0.3) is 0 Å². The van der Waals surface area contributed by atoms with Crippen molar-refractivity contribution < 1.29 is 24.2 Å². The minimum Gasteiger partial charge on any atom is -0.507 e. The first-order valence-electron chi connectivity index (χ1n) is 8.66. The number of benzene rings is 1. The third-order valence-electron chi connectivity index (χ3n) is 3.87. The molecule has 0 spiro atoms. The van der Waals surface area contributed by atoms with Crippen molar-refractivity contribution in [2.24, 2.45) is 5.10 Å². The lowest BCUT2D eigenvalue weighted by atomic mass is 10.1. The molecule has 0 unspecified atom stereocenters. The molecule has 9 heteroatoms. The van der Waals surface area contributed by atoms with Gasteiger partial charge in [-0.2, -0.15) is 5.10 Å². The Morgan fingerprint density at radius 2 is 2.15 bits per heavy atom. The average molecular weight is 376 g/mol. The number of aromatic hydroxyl groups is 1. The first-order chi connectivity index (χ1) is 12.7. The zero-order chi connectivity index (χ0) is 20.0. The van der Waals surface area contributed by atoms with Crippen LogP contribution in [0.4, 0.5) is 4.79 Å². The molecule has 0 atom stereocenters. The lowest BCUT2D eigenvalue weighted by Crippen LogP contribution is -2.40. The summed E-state index contributed by atoms with van der Waals surface area (Å²) in [5.74, 6) is -0.312. The zero-order valence-electron chi connectivity index (χ0n) is 15.6. The molecule has 1 aromatic carbocycles. The fraction of sp³-hybridized carbons (Fsp3) is 0.444. The lowest BCUT2D eigenvalue weighted by molar-refractivity contribution is -0.130. The fourth-order valence-electron chi connectivity index (χ4n) is 2.41. The quantitative estimate of drug-likeness (QED) is 0.359. The van der Waals surface area contributed by atoms with Crippen LogP contribution in [-0.4, -0.2) is 52.8 Å². The zero-order valence-corrected chi connectivity index (χ0v) is 15.6. The van der Waals surface area contributed by atoms with Gasteiger partial charge in [0.05, 0.1) is 12.8 Å². The van der Waals surface area contributed by atoms with Gasteiger partial charge in [-0.1, -0.05) is 6.92 Å². The Kier molecular flexibility index (Phi) is 6.38. The van der Waals surface area contributed by atoms with E-state index in [2.05, 4.69) is 15.8 Å². The van der Waals surface area contributed by atoms with Crippen molar-refractivity contribution in [2.45, 2.75) is 39.2 Å². The molecular formula is C18H24N4O5. The summed E-state index contributed by atoms with van der Waals surface area (Å²) in [5, 5.41) is 16.3. The van der Waals surface area contributed by atoms with Crippen LogP contribution < -0.4 is 15.5 Å². The molecule has 2 rings (SSSR count). The van der Waals surface area contributed by atoms with E-state index in [1.807, 2.05) is 6.92 Å². The smallest absolute Gasteiger partial charge is 0.325 e. The first-order valence-corrected chi connectivity index (χ1v) is 8.66. The highest BCUT2D eigenvalue weighted by Gasteiger charge is 2.43. The minimum atomic E-state index is -0.962. The molecule has 1 aliphatic heterocycles. The van der Waals surface area contributed by atoms with Crippen molar-refractivity contribution in [3.63, 3.8) is 0 Å². The molecule has 1 saturated heterocycles. The number of imide groups is 1. The Hall–Kier alpha value is -3.10. The van der Waals surface area contributed by atoms with Crippen LogP contribution in [0.5, 0.6) is 11.5 Å². The van der Waals surface area contributed by atoms with E-state index in [1.165, 1.54) is 12.3 Å².